The summed E-state index contributed by atoms with van der Waals surface area (Å²) in [7, 11) is 0. The molecule has 0 atom stereocenters. The molecule has 61 valence electrons. The Kier molecular flexibility index (Phi) is 1.81. The van der Waals surface area contributed by atoms with Crippen molar-refractivity contribution in [2.75, 3.05) is 0 Å². The third-order valence-corrected chi connectivity index (χ3v) is 2.72. The van der Waals surface area contributed by atoms with Gasteiger partial charge in [0.25, 0.3) is 0 Å². The Hall–Kier alpha value is -0.960. The number of para-hydroxylation sites is 1. The lowest BCUT2D eigenvalue weighted by Crippen LogP contribution is -1.77. The molecule has 0 bridgehead atoms. The number of halogens is 1. The van der Waals surface area contributed by atoms with Gasteiger partial charge in [-0.1, -0.05) is 13.0 Å². The van der Waals surface area contributed by atoms with E-state index in [0.29, 0.717) is 5.52 Å². The first kappa shape index (κ1) is 7.68. The highest BCUT2D eigenvalue weighted by Crippen LogP contribution is 2.24. The predicted molar refractivity (Wildman–Crippen MR) is 48.7 cm³/mol. The number of thiazole rings is 1. The summed E-state index contributed by atoms with van der Waals surface area (Å²) in [6.07, 6.45) is 1.88. The van der Waals surface area contributed by atoms with Gasteiger partial charge in [-0.15, -0.1) is 11.3 Å². The second kappa shape index (κ2) is 2.83. The summed E-state index contributed by atoms with van der Waals surface area (Å²) < 4.78 is 14.0. The van der Waals surface area contributed by atoms with Crippen LogP contribution in [0.25, 0.3) is 10.2 Å². The van der Waals surface area contributed by atoms with E-state index in [9.17, 15) is 4.39 Å². The van der Waals surface area contributed by atoms with E-state index in [-0.39, 0.29) is 5.82 Å². The quantitative estimate of drug-likeness (QED) is 0.657. The topological polar surface area (TPSA) is 12.9 Å². The molecule has 1 radical (unpaired) electrons. The van der Waals surface area contributed by atoms with Crippen LogP contribution >= 0.6 is 11.3 Å². The van der Waals surface area contributed by atoms with Gasteiger partial charge in [0.2, 0.25) is 0 Å². The van der Waals surface area contributed by atoms with Crippen molar-refractivity contribution < 1.29 is 4.39 Å². The molecule has 1 aromatic carbocycles. The molecule has 0 spiro atoms. The fraction of sp³-hybridized carbons (Fsp3) is 0.111. The van der Waals surface area contributed by atoms with Gasteiger partial charge in [0.15, 0.2) is 0 Å². The minimum atomic E-state index is -0.239. The molecule has 0 N–H and O–H groups in total. The van der Waals surface area contributed by atoms with Gasteiger partial charge in [0.1, 0.15) is 11.3 Å². The third-order valence-electron chi connectivity index (χ3n) is 1.63. The Morgan fingerprint density at radius 1 is 1.50 bits per heavy atom. The third kappa shape index (κ3) is 1.10. The van der Waals surface area contributed by atoms with Crippen molar-refractivity contribution in [3.05, 3.63) is 35.4 Å². The summed E-state index contributed by atoms with van der Waals surface area (Å²) in [6, 6.07) is 5.01. The van der Waals surface area contributed by atoms with Crippen molar-refractivity contribution in [1.29, 1.82) is 0 Å². The summed E-state index contributed by atoms with van der Waals surface area (Å²) in [4.78, 5) is 4.12. The van der Waals surface area contributed by atoms with Crippen LogP contribution in [0.3, 0.4) is 0 Å². The Morgan fingerprint density at radius 2 is 2.33 bits per heavy atom. The van der Waals surface area contributed by atoms with Gasteiger partial charge >= 0.3 is 0 Å². The number of benzene rings is 1. The van der Waals surface area contributed by atoms with Crippen molar-refractivity contribution in [2.45, 2.75) is 6.92 Å². The van der Waals surface area contributed by atoms with E-state index in [1.807, 2.05) is 19.4 Å². The largest absolute Gasteiger partial charge is 0.238 e. The molecular weight excluding hydrogens is 173 g/mol. The zero-order chi connectivity index (χ0) is 8.55. The molecule has 0 aliphatic carbocycles. The first-order valence-corrected chi connectivity index (χ1v) is 4.47. The normalized spacial score (nSPS) is 10.8. The Bertz CT molecular complexity index is 408. The van der Waals surface area contributed by atoms with Gasteiger partial charge < -0.3 is 0 Å². The fourth-order valence-corrected chi connectivity index (χ4v) is 1.92. The molecule has 1 heterocycles. The molecule has 0 unspecified atom stereocenters. The van der Waals surface area contributed by atoms with Gasteiger partial charge in [-0.2, -0.15) is 0 Å². The van der Waals surface area contributed by atoms with Crippen molar-refractivity contribution in [2.24, 2.45) is 0 Å². The van der Waals surface area contributed by atoms with Gasteiger partial charge in [-0.05, 0) is 12.1 Å². The van der Waals surface area contributed by atoms with Crippen LogP contribution in [0.15, 0.2) is 18.2 Å². The van der Waals surface area contributed by atoms with E-state index >= 15 is 0 Å². The maximum Gasteiger partial charge on any atom is 0.150 e. The minimum absolute atomic E-state index is 0.239. The van der Waals surface area contributed by atoms with E-state index in [1.165, 1.54) is 17.4 Å². The number of rotatable bonds is 1. The standard InChI is InChI=1S/C9H7FNS/c1-2-8-11-9-6(10)4-3-5-7(9)12-8/h2-5H,1H3. The lowest BCUT2D eigenvalue weighted by atomic mass is 10.3. The summed E-state index contributed by atoms with van der Waals surface area (Å²) in [5.74, 6) is -0.239. The van der Waals surface area contributed by atoms with E-state index in [2.05, 4.69) is 4.98 Å². The average molecular weight is 180 g/mol. The molecule has 2 aromatic rings. The molecule has 12 heavy (non-hydrogen) atoms. The van der Waals surface area contributed by atoms with Gasteiger partial charge in [-0.25, -0.2) is 9.37 Å². The van der Waals surface area contributed by atoms with E-state index in [4.69, 9.17) is 0 Å². The minimum Gasteiger partial charge on any atom is -0.238 e. The van der Waals surface area contributed by atoms with Crippen LogP contribution in [0.2, 0.25) is 0 Å². The number of fused-ring (bicyclic) bond motifs is 1. The highest BCUT2D eigenvalue weighted by molar-refractivity contribution is 7.18. The molecule has 0 aliphatic heterocycles. The molecule has 2 rings (SSSR count). The molecule has 0 amide bonds. The monoisotopic (exact) mass is 180 g/mol. The number of nitrogens with zero attached hydrogens (tertiary/aromatic N) is 1. The van der Waals surface area contributed by atoms with Crippen LogP contribution < -0.4 is 0 Å². The average Bonchev–Trinajstić information content (AvgIpc) is 2.49. The zero-order valence-electron chi connectivity index (χ0n) is 6.54. The SMILES string of the molecule is C[CH]c1nc2c(F)cccc2s1. The second-order valence-electron chi connectivity index (χ2n) is 2.43. The highest BCUT2D eigenvalue weighted by atomic mass is 32.1. The summed E-state index contributed by atoms with van der Waals surface area (Å²) in [5, 5.41) is 0.870. The fourth-order valence-electron chi connectivity index (χ4n) is 1.06. The van der Waals surface area contributed by atoms with Crippen LogP contribution in [0, 0.1) is 12.2 Å². The first-order chi connectivity index (χ1) is 5.81. The number of aromatic nitrogens is 1. The number of hydrogen-bond donors (Lipinski definition) is 0. The van der Waals surface area contributed by atoms with Crippen LogP contribution in [-0.2, 0) is 0 Å². The molecule has 0 saturated heterocycles. The van der Waals surface area contributed by atoms with E-state index in [0.717, 1.165) is 9.71 Å². The summed E-state index contributed by atoms with van der Waals surface area (Å²) in [6.45, 7) is 1.90. The maximum atomic E-state index is 13.1. The van der Waals surface area contributed by atoms with E-state index in [1.54, 1.807) is 6.07 Å². The van der Waals surface area contributed by atoms with Crippen LogP contribution in [0.5, 0.6) is 0 Å². The number of hydrogen-bond acceptors (Lipinski definition) is 2. The van der Waals surface area contributed by atoms with Gasteiger partial charge in [-0.3, -0.25) is 0 Å². The Morgan fingerprint density at radius 3 is 3.00 bits per heavy atom. The molecule has 0 fully saturated rings. The summed E-state index contributed by atoms with van der Waals surface area (Å²) in [5.41, 5.74) is 0.482. The zero-order valence-corrected chi connectivity index (χ0v) is 7.36. The highest BCUT2D eigenvalue weighted by Gasteiger charge is 2.05. The smallest absolute Gasteiger partial charge is 0.150 e. The van der Waals surface area contributed by atoms with Crippen LogP contribution in [0.1, 0.15) is 11.9 Å². The molecule has 3 heteroatoms. The van der Waals surface area contributed by atoms with Crippen molar-refractivity contribution in [3.8, 4) is 0 Å². The van der Waals surface area contributed by atoms with Gasteiger partial charge in [0, 0.05) is 6.42 Å². The molecule has 1 nitrogen and oxygen atoms in total. The second-order valence-corrected chi connectivity index (χ2v) is 3.49. The van der Waals surface area contributed by atoms with Crippen LogP contribution in [0.4, 0.5) is 4.39 Å². The van der Waals surface area contributed by atoms with E-state index < -0.39 is 0 Å². The van der Waals surface area contributed by atoms with Crippen molar-refractivity contribution in [3.63, 3.8) is 0 Å². The Balaban J connectivity index is 2.74. The molecule has 1 aromatic heterocycles. The molecule has 0 saturated carbocycles. The lowest BCUT2D eigenvalue weighted by Gasteiger charge is -1.86. The predicted octanol–water partition coefficient (Wildman–Crippen LogP) is 3.01. The van der Waals surface area contributed by atoms with Crippen molar-refractivity contribution in [1.82, 2.24) is 4.98 Å². The van der Waals surface area contributed by atoms with Crippen LogP contribution in [-0.4, -0.2) is 4.98 Å². The van der Waals surface area contributed by atoms with Gasteiger partial charge in [0.05, 0.1) is 9.71 Å². The summed E-state index contributed by atoms with van der Waals surface area (Å²) >= 11 is 1.50. The Labute approximate surface area is 73.9 Å². The maximum absolute atomic E-state index is 13.1. The van der Waals surface area contributed by atoms with Crippen molar-refractivity contribution >= 4 is 21.6 Å². The lowest BCUT2D eigenvalue weighted by molar-refractivity contribution is 0.637. The molecule has 0 aliphatic rings. The first-order valence-electron chi connectivity index (χ1n) is 3.65. The molecular formula is C9H7FNS.